The van der Waals surface area contributed by atoms with Crippen molar-refractivity contribution in [2.45, 2.75) is 12.5 Å². The molecule has 0 aliphatic heterocycles. The lowest BCUT2D eigenvalue weighted by Crippen LogP contribution is -2.02. The molecule has 0 aliphatic rings. The van der Waals surface area contributed by atoms with Crippen LogP contribution in [0.2, 0.25) is 5.02 Å². The van der Waals surface area contributed by atoms with E-state index in [9.17, 15) is 10.1 Å². The van der Waals surface area contributed by atoms with Crippen LogP contribution in [0.4, 0.5) is 5.69 Å². The number of hydrogen-bond donors (Lipinski definition) is 0. The maximum absolute atomic E-state index is 11.0. The maximum Gasteiger partial charge on any atom is 0.277 e. The molecule has 0 bridgehead atoms. The molecule has 0 saturated carbocycles. The second-order valence-corrected chi connectivity index (χ2v) is 5.82. The molecule has 0 saturated heterocycles. The molecular formula is C14H10BrCl2NO3. The minimum Gasteiger partial charge on any atom is -0.488 e. The molecule has 0 amide bonds. The van der Waals surface area contributed by atoms with Crippen molar-refractivity contribution in [3.63, 3.8) is 0 Å². The van der Waals surface area contributed by atoms with Gasteiger partial charge < -0.3 is 4.74 Å². The molecule has 2 aromatic carbocycles. The molecule has 0 N–H and O–H groups in total. The van der Waals surface area contributed by atoms with E-state index in [0.29, 0.717) is 16.3 Å². The van der Waals surface area contributed by atoms with Gasteiger partial charge in [0.2, 0.25) is 0 Å². The molecule has 0 atom stereocenters. The molecule has 2 aromatic rings. The number of benzene rings is 2. The number of rotatable bonds is 5. The highest BCUT2D eigenvalue weighted by Crippen LogP contribution is 2.28. The lowest BCUT2D eigenvalue weighted by Gasteiger charge is -2.11. The molecule has 0 spiro atoms. The summed E-state index contributed by atoms with van der Waals surface area (Å²) in [6.07, 6.45) is 0. The van der Waals surface area contributed by atoms with Crippen LogP contribution in [0.25, 0.3) is 0 Å². The van der Waals surface area contributed by atoms with Crippen LogP contribution < -0.4 is 4.74 Å². The summed E-state index contributed by atoms with van der Waals surface area (Å²) in [6.45, 7) is 0.0685. The number of nitro benzene ring substituents is 1. The number of ether oxygens (including phenoxy) is 1. The van der Waals surface area contributed by atoms with Gasteiger partial charge in [0.1, 0.15) is 12.4 Å². The molecule has 0 radical (unpaired) electrons. The molecule has 21 heavy (non-hydrogen) atoms. The Morgan fingerprint density at radius 1 is 1.19 bits per heavy atom. The summed E-state index contributed by atoms with van der Waals surface area (Å²) in [5.41, 5.74) is 1.20. The monoisotopic (exact) mass is 389 g/mol. The van der Waals surface area contributed by atoms with Gasteiger partial charge in [-0.2, -0.15) is 0 Å². The van der Waals surface area contributed by atoms with Crippen LogP contribution in [-0.4, -0.2) is 4.92 Å². The number of hydrogen-bond acceptors (Lipinski definition) is 3. The SMILES string of the molecule is O=[N+]([O-])c1cc(Cl)ccc1COc1ccc(Br)cc1CCl. The van der Waals surface area contributed by atoms with Crippen molar-refractivity contribution in [3.8, 4) is 5.75 Å². The molecule has 4 nitrogen and oxygen atoms in total. The van der Waals surface area contributed by atoms with Crippen molar-refractivity contribution in [2.24, 2.45) is 0 Å². The highest BCUT2D eigenvalue weighted by Gasteiger charge is 2.15. The van der Waals surface area contributed by atoms with E-state index in [1.807, 2.05) is 12.1 Å². The molecule has 0 unspecified atom stereocenters. The molecule has 0 aromatic heterocycles. The number of nitrogens with zero attached hydrogens (tertiary/aromatic N) is 1. The Hall–Kier alpha value is -1.30. The average Bonchev–Trinajstić information content (AvgIpc) is 2.46. The van der Waals surface area contributed by atoms with Gasteiger partial charge in [-0.3, -0.25) is 10.1 Å². The molecule has 0 heterocycles. The minimum atomic E-state index is -0.478. The predicted octanol–water partition coefficient (Wildman–Crippen LogP) is 5.33. The van der Waals surface area contributed by atoms with E-state index in [0.717, 1.165) is 10.0 Å². The molecule has 7 heteroatoms. The van der Waals surface area contributed by atoms with Crippen molar-refractivity contribution >= 4 is 44.8 Å². The Labute approximate surface area is 139 Å². The summed E-state index contributed by atoms with van der Waals surface area (Å²) in [4.78, 5) is 10.5. The Morgan fingerprint density at radius 2 is 1.95 bits per heavy atom. The van der Waals surface area contributed by atoms with Crippen LogP contribution in [0.1, 0.15) is 11.1 Å². The third-order valence-corrected chi connectivity index (χ3v) is 3.81. The normalized spacial score (nSPS) is 10.4. The molecule has 110 valence electrons. The van der Waals surface area contributed by atoms with E-state index < -0.39 is 4.92 Å². The quantitative estimate of drug-likeness (QED) is 0.394. The van der Waals surface area contributed by atoms with Gasteiger partial charge in [0, 0.05) is 21.1 Å². The van der Waals surface area contributed by atoms with Crippen molar-refractivity contribution in [1.82, 2.24) is 0 Å². The van der Waals surface area contributed by atoms with E-state index in [4.69, 9.17) is 27.9 Å². The van der Waals surface area contributed by atoms with E-state index in [1.54, 1.807) is 18.2 Å². The van der Waals surface area contributed by atoms with Gasteiger partial charge in [-0.05, 0) is 30.3 Å². The maximum atomic E-state index is 11.0. The minimum absolute atomic E-state index is 0.0629. The average molecular weight is 391 g/mol. The summed E-state index contributed by atoms with van der Waals surface area (Å²) in [5.74, 6) is 0.884. The lowest BCUT2D eigenvalue weighted by atomic mass is 10.2. The van der Waals surface area contributed by atoms with E-state index in [2.05, 4.69) is 15.9 Å². The molecule has 0 aliphatic carbocycles. The second-order valence-electron chi connectivity index (χ2n) is 4.20. The van der Waals surface area contributed by atoms with Gasteiger partial charge in [-0.25, -0.2) is 0 Å². The number of alkyl halides is 1. The first-order chi connectivity index (χ1) is 10.0. The van der Waals surface area contributed by atoms with Crippen molar-refractivity contribution in [3.05, 3.63) is 67.1 Å². The Kier molecular flexibility index (Phi) is 5.45. The zero-order chi connectivity index (χ0) is 15.4. The predicted molar refractivity (Wildman–Crippen MR) is 86.1 cm³/mol. The molecular weight excluding hydrogens is 381 g/mol. The fraction of sp³-hybridized carbons (Fsp3) is 0.143. The van der Waals surface area contributed by atoms with Crippen LogP contribution in [0.3, 0.4) is 0 Å². The summed E-state index contributed by atoms with van der Waals surface area (Å²) in [5, 5.41) is 11.3. The largest absolute Gasteiger partial charge is 0.488 e. The third-order valence-electron chi connectivity index (χ3n) is 2.79. The smallest absolute Gasteiger partial charge is 0.277 e. The van der Waals surface area contributed by atoms with E-state index >= 15 is 0 Å². The summed E-state index contributed by atoms with van der Waals surface area (Å²) in [6, 6.07) is 9.92. The van der Waals surface area contributed by atoms with Crippen molar-refractivity contribution in [1.29, 1.82) is 0 Å². The summed E-state index contributed by atoms with van der Waals surface area (Å²) in [7, 11) is 0. The number of halogens is 3. The zero-order valence-corrected chi connectivity index (χ0v) is 13.8. The van der Waals surface area contributed by atoms with Crippen LogP contribution >= 0.6 is 39.1 Å². The summed E-state index contributed by atoms with van der Waals surface area (Å²) < 4.78 is 6.54. The first-order valence-corrected chi connectivity index (χ1v) is 7.62. The van der Waals surface area contributed by atoms with Gasteiger partial charge in [0.05, 0.1) is 16.4 Å². The van der Waals surface area contributed by atoms with Gasteiger partial charge in [-0.1, -0.05) is 27.5 Å². The first kappa shape index (κ1) is 16.1. The topological polar surface area (TPSA) is 52.4 Å². The van der Waals surface area contributed by atoms with Crippen molar-refractivity contribution < 1.29 is 9.66 Å². The standard InChI is InChI=1S/C14H10BrCl2NO3/c15-11-2-4-14(10(5-11)7-16)21-8-9-1-3-12(17)6-13(9)18(19)20/h1-6H,7-8H2. The molecule has 0 fully saturated rings. The van der Waals surface area contributed by atoms with Crippen LogP contribution in [-0.2, 0) is 12.5 Å². The van der Waals surface area contributed by atoms with E-state index in [-0.39, 0.29) is 18.2 Å². The Morgan fingerprint density at radius 3 is 2.62 bits per heavy atom. The van der Waals surface area contributed by atoms with Gasteiger partial charge in [0.15, 0.2) is 0 Å². The molecule has 2 rings (SSSR count). The van der Waals surface area contributed by atoms with Gasteiger partial charge in [-0.15, -0.1) is 11.6 Å². The van der Waals surface area contributed by atoms with E-state index in [1.165, 1.54) is 6.07 Å². The highest BCUT2D eigenvalue weighted by atomic mass is 79.9. The summed E-state index contributed by atoms with van der Waals surface area (Å²) >= 11 is 15.0. The van der Waals surface area contributed by atoms with Crippen LogP contribution in [0.5, 0.6) is 5.75 Å². The fourth-order valence-corrected chi connectivity index (χ4v) is 2.56. The number of nitro groups is 1. The zero-order valence-electron chi connectivity index (χ0n) is 10.7. The van der Waals surface area contributed by atoms with Crippen LogP contribution in [0, 0.1) is 10.1 Å². The first-order valence-electron chi connectivity index (χ1n) is 5.91. The third kappa shape index (κ3) is 4.09. The lowest BCUT2D eigenvalue weighted by molar-refractivity contribution is -0.385. The van der Waals surface area contributed by atoms with Crippen LogP contribution in [0.15, 0.2) is 40.9 Å². The Balaban J connectivity index is 2.22. The van der Waals surface area contributed by atoms with Crippen molar-refractivity contribution in [2.75, 3.05) is 0 Å². The van der Waals surface area contributed by atoms with Gasteiger partial charge >= 0.3 is 0 Å². The highest BCUT2D eigenvalue weighted by molar-refractivity contribution is 9.10. The second kappa shape index (κ2) is 7.11. The van der Waals surface area contributed by atoms with Gasteiger partial charge in [0.25, 0.3) is 5.69 Å². The Bertz CT molecular complexity index is 679. The fourth-order valence-electron chi connectivity index (χ4n) is 1.78.